The van der Waals surface area contributed by atoms with Gasteiger partial charge in [-0.25, -0.2) is 0 Å². The van der Waals surface area contributed by atoms with Crippen LogP contribution in [0.1, 0.15) is 21.7 Å². The van der Waals surface area contributed by atoms with Crippen molar-refractivity contribution in [2.75, 3.05) is 0 Å². The Labute approximate surface area is 104 Å². The van der Waals surface area contributed by atoms with Crippen molar-refractivity contribution in [3.05, 3.63) is 65.7 Å². The lowest BCUT2D eigenvalue weighted by Gasteiger charge is -1.97. The number of nitrogens with zero attached hydrogens (tertiary/aromatic N) is 1. The van der Waals surface area contributed by atoms with Crippen LogP contribution >= 0.6 is 0 Å². The fraction of sp³-hybridized carbons (Fsp3) is 0.0667. The summed E-state index contributed by atoms with van der Waals surface area (Å²) in [4.78, 5) is 16.3. The molecule has 3 aromatic rings. The highest BCUT2D eigenvalue weighted by molar-refractivity contribution is 6.10. The standard InChI is InChI=1S/C15H11NO2/c1-10-12-6-2-3-7-13(12)18-15(10)14(17)11-5-4-8-16-9-11/h2-9H,1H3. The average Bonchev–Trinajstić information content (AvgIpc) is 2.77. The molecule has 0 aliphatic carbocycles. The largest absolute Gasteiger partial charge is 0.452 e. The van der Waals surface area contributed by atoms with Crippen LogP contribution in [0.5, 0.6) is 0 Å². The van der Waals surface area contributed by atoms with E-state index in [-0.39, 0.29) is 5.78 Å². The molecule has 0 unspecified atom stereocenters. The van der Waals surface area contributed by atoms with Gasteiger partial charge in [-0.15, -0.1) is 0 Å². The van der Waals surface area contributed by atoms with Crippen molar-refractivity contribution < 1.29 is 9.21 Å². The van der Waals surface area contributed by atoms with Crippen LogP contribution < -0.4 is 0 Å². The van der Waals surface area contributed by atoms with Crippen molar-refractivity contribution >= 4 is 16.8 Å². The molecule has 3 nitrogen and oxygen atoms in total. The Balaban J connectivity index is 2.15. The van der Waals surface area contributed by atoms with Gasteiger partial charge < -0.3 is 4.42 Å². The van der Waals surface area contributed by atoms with E-state index < -0.39 is 0 Å². The molecule has 0 aliphatic heterocycles. The number of aromatic nitrogens is 1. The Morgan fingerprint density at radius 3 is 2.72 bits per heavy atom. The van der Waals surface area contributed by atoms with E-state index in [9.17, 15) is 4.79 Å². The van der Waals surface area contributed by atoms with E-state index in [2.05, 4.69) is 4.98 Å². The Hall–Kier alpha value is -2.42. The van der Waals surface area contributed by atoms with Gasteiger partial charge in [-0.05, 0) is 25.1 Å². The average molecular weight is 237 g/mol. The molecular formula is C15H11NO2. The van der Waals surface area contributed by atoms with Crippen LogP contribution in [0.25, 0.3) is 11.0 Å². The number of hydrogen-bond acceptors (Lipinski definition) is 3. The van der Waals surface area contributed by atoms with E-state index in [0.717, 1.165) is 16.5 Å². The van der Waals surface area contributed by atoms with Crippen LogP contribution in [-0.4, -0.2) is 10.8 Å². The lowest BCUT2D eigenvalue weighted by molar-refractivity contribution is 0.101. The van der Waals surface area contributed by atoms with Gasteiger partial charge in [0.25, 0.3) is 0 Å². The molecule has 0 saturated heterocycles. The van der Waals surface area contributed by atoms with Crippen LogP contribution in [0.15, 0.2) is 53.2 Å². The summed E-state index contributed by atoms with van der Waals surface area (Å²) in [6, 6.07) is 11.1. The third kappa shape index (κ3) is 1.61. The highest BCUT2D eigenvalue weighted by Gasteiger charge is 2.18. The third-order valence-corrected chi connectivity index (χ3v) is 2.97. The zero-order chi connectivity index (χ0) is 12.5. The van der Waals surface area contributed by atoms with Gasteiger partial charge in [-0.3, -0.25) is 9.78 Å². The van der Waals surface area contributed by atoms with E-state index in [1.165, 1.54) is 0 Å². The number of hydrogen-bond donors (Lipinski definition) is 0. The van der Waals surface area contributed by atoms with Gasteiger partial charge in [0.05, 0.1) is 0 Å². The van der Waals surface area contributed by atoms with Crippen molar-refractivity contribution in [3.63, 3.8) is 0 Å². The molecule has 0 fully saturated rings. The number of furan rings is 1. The topological polar surface area (TPSA) is 43.1 Å². The molecule has 3 rings (SSSR count). The van der Waals surface area contributed by atoms with Gasteiger partial charge >= 0.3 is 0 Å². The number of aryl methyl sites for hydroxylation is 1. The van der Waals surface area contributed by atoms with Crippen LogP contribution in [-0.2, 0) is 0 Å². The van der Waals surface area contributed by atoms with Crippen molar-refractivity contribution in [1.29, 1.82) is 0 Å². The highest BCUT2D eigenvalue weighted by atomic mass is 16.3. The molecule has 0 amide bonds. The Bertz CT molecular complexity index is 714. The molecule has 0 radical (unpaired) electrons. The summed E-state index contributed by atoms with van der Waals surface area (Å²) < 4.78 is 5.64. The van der Waals surface area contributed by atoms with Crippen molar-refractivity contribution in [3.8, 4) is 0 Å². The van der Waals surface area contributed by atoms with Gasteiger partial charge in [0.2, 0.25) is 5.78 Å². The molecule has 3 heteroatoms. The second-order valence-electron chi connectivity index (χ2n) is 4.12. The van der Waals surface area contributed by atoms with E-state index in [1.54, 1.807) is 24.5 Å². The molecule has 0 spiro atoms. The SMILES string of the molecule is Cc1c(C(=O)c2cccnc2)oc2ccccc12. The number of fused-ring (bicyclic) bond motifs is 1. The number of pyridine rings is 1. The second-order valence-corrected chi connectivity index (χ2v) is 4.12. The van der Waals surface area contributed by atoms with E-state index in [4.69, 9.17) is 4.42 Å². The Kier molecular flexibility index (Phi) is 2.45. The molecule has 0 aliphatic rings. The van der Waals surface area contributed by atoms with Crippen molar-refractivity contribution in [2.24, 2.45) is 0 Å². The zero-order valence-electron chi connectivity index (χ0n) is 9.88. The maximum atomic E-state index is 12.3. The summed E-state index contributed by atoms with van der Waals surface area (Å²) in [6.07, 6.45) is 3.19. The minimum Gasteiger partial charge on any atom is -0.452 e. The van der Waals surface area contributed by atoms with Crippen LogP contribution in [0.4, 0.5) is 0 Å². The number of para-hydroxylation sites is 1. The first-order chi connectivity index (χ1) is 8.77. The summed E-state index contributed by atoms with van der Waals surface area (Å²) in [5, 5.41) is 0.977. The van der Waals surface area contributed by atoms with E-state index in [0.29, 0.717) is 11.3 Å². The monoisotopic (exact) mass is 237 g/mol. The van der Waals surface area contributed by atoms with Crippen LogP contribution in [0.3, 0.4) is 0 Å². The number of carbonyl (C=O) groups excluding carboxylic acids is 1. The van der Waals surface area contributed by atoms with E-state index >= 15 is 0 Å². The van der Waals surface area contributed by atoms with Gasteiger partial charge in [-0.2, -0.15) is 0 Å². The maximum absolute atomic E-state index is 12.3. The van der Waals surface area contributed by atoms with Crippen molar-refractivity contribution in [2.45, 2.75) is 6.92 Å². The van der Waals surface area contributed by atoms with Crippen LogP contribution in [0.2, 0.25) is 0 Å². The molecule has 18 heavy (non-hydrogen) atoms. The summed E-state index contributed by atoms with van der Waals surface area (Å²) in [5.74, 6) is 0.265. The highest BCUT2D eigenvalue weighted by Crippen LogP contribution is 2.26. The number of carbonyl (C=O) groups is 1. The number of benzene rings is 1. The minimum atomic E-state index is -0.128. The predicted molar refractivity (Wildman–Crippen MR) is 68.6 cm³/mol. The van der Waals surface area contributed by atoms with Crippen molar-refractivity contribution in [1.82, 2.24) is 4.98 Å². The quantitative estimate of drug-likeness (QED) is 0.642. The number of rotatable bonds is 2. The molecule has 88 valence electrons. The second kappa shape index (κ2) is 4.11. The fourth-order valence-electron chi connectivity index (χ4n) is 2.02. The Morgan fingerprint density at radius 2 is 2.00 bits per heavy atom. The fourth-order valence-corrected chi connectivity index (χ4v) is 2.02. The summed E-state index contributed by atoms with van der Waals surface area (Å²) in [5.41, 5.74) is 2.15. The smallest absolute Gasteiger partial charge is 0.230 e. The third-order valence-electron chi connectivity index (χ3n) is 2.97. The lowest BCUT2D eigenvalue weighted by atomic mass is 10.1. The molecule has 0 bridgehead atoms. The molecule has 0 saturated carbocycles. The Morgan fingerprint density at radius 1 is 1.17 bits per heavy atom. The van der Waals surface area contributed by atoms with E-state index in [1.807, 2.05) is 31.2 Å². The number of ketones is 1. The molecule has 2 heterocycles. The molecule has 0 atom stereocenters. The van der Waals surface area contributed by atoms with Gasteiger partial charge in [0.1, 0.15) is 5.58 Å². The first-order valence-electron chi connectivity index (χ1n) is 5.70. The minimum absolute atomic E-state index is 0.128. The first-order valence-corrected chi connectivity index (χ1v) is 5.70. The normalized spacial score (nSPS) is 10.7. The summed E-state index contributed by atoms with van der Waals surface area (Å²) >= 11 is 0. The van der Waals surface area contributed by atoms with Crippen LogP contribution in [0, 0.1) is 6.92 Å². The zero-order valence-corrected chi connectivity index (χ0v) is 9.88. The first kappa shape index (κ1) is 10.7. The lowest BCUT2D eigenvalue weighted by Crippen LogP contribution is -2.01. The molecule has 2 aromatic heterocycles. The molecule has 0 N–H and O–H groups in total. The summed E-state index contributed by atoms with van der Waals surface area (Å²) in [7, 11) is 0. The summed E-state index contributed by atoms with van der Waals surface area (Å²) in [6.45, 7) is 1.90. The predicted octanol–water partition coefficient (Wildman–Crippen LogP) is 3.37. The van der Waals surface area contributed by atoms with Gasteiger partial charge in [0, 0.05) is 28.9 Å². The maximum Gasteiger partial charge on any atom is 0.230 e. The van der Waals surface area contributed by atoms with Gasteiger partial charge in [0.15, 0.2) is 5.76 Å². The van der Waals surface area contributed by atoms with Gasteiger partial charge in [-0.1, -0.05) is 18.2 Å². The molecule has 1 aromatic carbocycles. The molecular weight excluding hydrogens is 226 g/mol.